The maximum Gasteiger partial charge on any atom is 0.222 e. The second kappa shape index (κ2) is 8.96. The van der Waals surface area contributed by atoms with Crippen LogP contribution in [0.3, 0.4) is 0 Å². The average Bonchev–Trinajstić information content (AvgIpc) is 3.04. The third kappa shape index (κ3) is 4.83. The second-order valence-corrected chi connectivity index (χ2v) is 7.74. The smallest absolute Gasteiger partial charge is 0.222 e. The monoisotopic (exact) mass is 359 g/mol. The number of rotatable bonds is 7. The first kappa shape index (κ1) is 19.3. The number of pyridine rings is 1. The Hall–Kier alpha value is -1.46. The van der Waals surface area contributed by atoms with Crippen molar-refractivity contribution in [1.82, 2.24) is 14.8 Å². The molecule has 1 spiro atoms. The predicted molar refractivity (Wildman–Crippen MR) is 103 cm³/mol. The van der Waals surface area contributed by atoms with Gasteiger partial charge >= 0.3 is 0 Å². The van der Waals surface area contributed by atoms with E-state index in [-0.39, 0.29) is 17.6 Å². The van der Waals surface area contributed by atoms with Crippen molar-refractivity contribution in [2.24, 2.45) is 0 Å². The lowest BCUT2D eigenvalue weighted by Crippen LogP contribution is -2.47. The topological polar surface area (TPSA) is 45.7 Å². The van der Waals surface area contributed by atoms with Crippen LogP contribution in [-0.4, -0.2) is 58.6 Å². The highest BCUT2D eigenvalue weighted by Crippen LogP contribution is 2.39. The molecule has 2 aliphatic rings. The molecule has 1 aromatic rings. The van der Waals surface area contributed by atoms with Crippen molar-refractivity contribution in [3.63, 3.8) is 0 Å². The maximum absolute atomic E-state index is 12.2. The van der Waals surface area contributed by atoms with E-state index in [2.05, 4.69) is 22.0 Å². The highest BCUT2D eigenvalue weighted by Gasteiger charge is 2.43. The summed E-state index contributed by atoms with van der Waals surface area (Å²) < 4.78 is 6.53. The Morgan fingerprint density at radius 2 is 2.08 bits per heavy atom. The zero-order valence-corrected chi connectivity index (χ0v) is 16.3. The van der Waals surface area contributed by atoms with E-state index >= 15 is 0 Å². The average molecular weight is 360 g/mol. The van der Waals surface area contributed by atoms with Gasteiger partial charge in [0.2, 0.25) is 5.91 Å². The zero-order valence-electron chi connectivity index (χ0n) is 16.3. The van der Waals surface area contributed by atoms with Crippen molar-refractivity contribution in [3.8, 4) is 0 Å². The molecule has 2 atom stereocenters. The molecule has 5 heteroatoms. The fourth-order valence-corrected chi connectivity index (χ4v) is 4.49. The molecule has 0 radical (unpaired) electrons. The van der Waals surface area contributed by atoms with Crippen LogP contribution < -0.4 is 0 Å². The van der Waals surface area contributed by atoms with Crippen LogP contribution >= 0.6 is 0 Å². The summed E-state index contributed by atoms with van der Waals surface area (Å²) >= 11 is 0. The Morgan fingerprint density at radius 1 is 1.31 bits per heavy atom. The largest absolute Gasteiger partial charge is 0.370 e. The Bertz CT molecular complexity index is 576. The molecule has 3 heterocycles. The number of aromatic nitrogens is 1. The van der Waals surface area contributed by atoms with E-state index in [1.165, 1.54) is 12.0 Å². The normalized spacial score (nSPS) is 26.3. The molecule has 26 heavy (non-hydrogen) atoms. The first-order valence-corrected chi connectivity index (χ1v) is 10.2. The summed E-state index contributed by atoms with van der Waals surface area (Å²) in [6, 6.07) is 4.19. The van der Waals surface area contributed by atoms with Gasteiger partial charge in [0.25, 0.3) is 0 Å². The van der Waals surface area contributed by atoms with Crippen LogP contribution in [0.25, 0.3) is 0 Å². The number of ether oxygens (including phenoxy) is 1. The molecule has 1 amide bonds. The molecule has 0 saturated carbocycles. The van der Waals surface area contributed by atoms with Crippen LogP contribution in [0.1, 0.15) is 57.9 Å². The SMILES string of the molecule is CCN(CC)C(=O)CC[C@@H]1CC[C@]2(CCCN(Cc3ccncc3)C2)O1. The van der Waals surface area contributed by atoms with Gasteiger partial charge in [-0.05, 0) is 70.2 Å². The first-order chi connectivity index (χ1) is 12.6. The van der Waals surface area contributed by atoms with Crippen molar-refractivity contribution in [3.05, 3.63) is 30.1 Å². The second-order valence-electron chi connectivity index (χ2n) is 7.74. The molecule has 2 fully saturated rings. The van der Waals surface area contributed by atoms with Gasteiger partial charge in [0.05, 0.1) is 11.7 Å². The van der Waals surface area contributed by atoms with Gasteiger partial charge in [0.15, 0.2) is 0 Å². The summed E-state index contributed by atoms with van der Waals surface area (Å²) in [6.07, 6.45) is 10.0. The van der Waals surface area contributed by atoms with Crippen molar-refractivity contribution in [2.75, 3.05) is 26.2 Å². The zero-order chi connectivity index (χ0) is 18.4. The molecule has 0 N–H and O–H groups in total. The number of piperidine rings is 1. The van der Waals surface area contributed by atoms with E-state index in [1.54, 1.807) is 0 Å². The minimum Gasteiger partial charge on any atom is -0.370 e. The number of amides is 1. The van der Waals surface area contributed by atoms with Crippen molar-refractivity contribution < 1.29 is 9.53 Å². The number of hydrogen-bond acceptors (Lipinski definition) is 4. The number of carbonyl (C=O) groups excluding carboxylic acids is 1. The molecular weight excluding hydrogens is 326 g/mol. The Morgan fingerprint density at radius 3 is 2.81 bits per heavy atom. The number of hydrogen-bond donors (Lipinski definition) is 0. The quantitative estimate of drug-likeness (QED) is 0.750. The fourth-order valence-electron chi connectivity index (χ4n) is 4.49. The standard InChI is InChI=1S/C21H33N3O2/c1-3-24(4-2)20(25)7-6-19-8-12-21(26-19)11-5-15-23(17-21)16-18-9-13-22-14-10-18/h9-10,13-14,19H,3-8,11-12,15-17H2,1-2H3/t19-,21+/m1/s1. The molecule has 2 saturated heterocycles. The Labute approximate surface area is 157 Å². The van der Waals surface area contributed by atoms with Crippen molar-refractivity contribution in [2.45, 2.75) is 70.6 Å². The molecule has 0 aliphatic carbocycles. The molecule has 5 nitrogen and oxygen atoms in total. The van der Waals surface area contributed by atoms with Crippen LogP contribution in [-0.2, 0) is 16.1 Å². The van der Waals surface area contributed by atoms with Gasteiger partial charge < -0.3 is 9.64 Å². The summed E-state index contributed by atoms with van der Waals surface area (Å²) in [4.78, 5) is 20.8. The van der Waals surface area contributed by atoms with Gasteiger partial charge in [-0.25, -0.2) is 0 Å². The number of nitrogens with zero attached hydrogens (tertiary/aromatic N) is 3. The fraction of sp³-hybridized carbons (Fsp3) is 0.714. The minimum atomic E-state index is 0.00813. The number of likely N-dealkylation sites (tertiary alicyclic amines) is 1. The molecular formula is C21H33N3O2. The third-order valence-corrected chi connectivity index (χ3v) is 5.91. The van der Waals surface area contributed by atoms with Crippen LogP contribution in [0.5, 0.6) is 0 Å². The van der Waals surface area contributed by atoms with E-state index in [0.29, 0.717) is 6.42 Å². The van der Waals surface area contributed by atoms with Crippen LogP contribution in [0, 0.1) is 0 Å². The van der Waals surface area contributed by atoms with Crippen LogP contribution in [0.4, 0.5) is 0 Å². The predicted octanol–water partition coefficient (Wildman–Crippen LogP) is 3.24. The molecule has 1 aromatic heterocycles. The van der Waals surface area contributed by atoms with Gasteiger partial charge in [0.1, 0.15) is 0 Å². The summed E-state index contributed by atoms with van der Waals surface area (Å²) in [5.41, 5.74) is 1.32. The third-order valence-electron chi connectivity index (χ3n) is 5.91. The lowest BCUT2D eigenvalue weighted by Gasteiger charge is -2.40. The number of carbonyl (C=O) groups is 1. The summed E-state index contributed by atoms with van der Waals surface area (Å²) in [5.74, 6) is 0.266. The van der Waals surface area contributed by atoms with E-state index in [1.807, 2.05) is 31.1 Å². The molecule has 0 unspecified atom stereocenters. The Balaban J connectivity index is 1.49. The van der Waals surface area contributed by atoms with E-state index in [0.717, 1.165) is 58.4 Å². The molecule has 3 rings (SSSR count). The van der Waals surface area contributed by atoms with Crippen LogP contribution in [0.15, 0.2) is 24.5 Å². The van der Waals surface area contributed by atoms with E-state index in [4.69, 9.17) is 4.74 Å². The lowest BCUT2D eigenvalue weighted by molar-refractivity contribution is -0.132. The summed E-state index contributed by atoms with van der Waals surface area (Å²) in [6.45, 7) is 8.81. The minimum absolute atomic E-state index is 0.00813. The maximum atomic E-state index is 12.2. The lowest BCUT2D eigenvalue weighted by atomic mass is 9.89. The van der Waals surface area contributed by atoms with Crippen molar-refractivity contribution >= 4 is 5.91 Å². The van der Waals surface area contributed by atoms with Gasteiger partial charge in [-0.2, -0.15) is 0 Å². The van der Waals surface area contributed by atoms with Gasteiger partial charge in [-0.3, -0.25) is 14.7 Å². The highest BCUT2D eigenvalue weighted by molar-refractivity contribution is 5.76. The molecule has 2 aliphatic heterocycles. The molecule has 0 bridgehead atoms. The first-order valence-electron chi connectivity index (χ1n) is 10.2. The van der Waals surface area contributed by atoms with Crippen LogP contribution in [0.2, 0.25) is 0 Å². The van der Waals surface area contributed by atoms with Crippen molar-refractivity contribution in [1.29, 1.82) is 0 Å². The molecule has 0 aromatic carbocycles. The Kier molecular flexibility index (Phi) is 6.65. The van der Waals surface area contributed by atoms with Gasteiger partial charge in [-0.1, -0.05) is 0 Å². The summed E-state index contributed by atoms with van der Waals surface area (Å²) in [7, 11) is 0. The van der Waals surface area contributed by atoms with E-state index < -0.39 is 0 Å². The molecule has 144 valence electrons. The van der Waals surface area contributed by atoms with Gasteiger partial charge in [-0.15, -0.1) is 0 Å². The highest BCUT2D eigenvalue weighted by atomic mass is 16.5. The van der Waals surface area contributed by atoms with E-state index in [9.17, 15) is 4.79 Å². The van der Waals surface area contributed by atoms with Gasteiger partial charge in [0, 0.05) is 45.0 Å². The summed E-state index contributed by atoms with van der Waals surface area (Å²) in [5, 5.41) is 0.